The van der Waals surface area contributed by atoms with Crippen LogP contribution in [0.25, 0.3) is 0 Å². The highest BCUT2D eigenvalue weighted by Crippen LogP contribution is 2.38. The highest BCUT2D eigenvalue weighted by atomic mass is 32.1. The van der Waals surface area contributed by atoms with Crippen LogP contribution in [0.4, 0.5) is 0 Å². The van der Waals surface area contributed by atoms with Crippen molar-refractivity contribution in [1.29, 1.82) is 0 Å². The van der Waals surface area contributed by atoms with Gasteiger partial charge in [-0.05, 0) is 19.9 Å². The Kier molecular flexibility index (Phi) is 3.02. The van der Waals surface area contributed by atoms with E-state index in [0.29, 0.717) is 11.6 Å². The second kappa shape index (κ2) is 4.28. The third-order valence-electron chi connectivity index (χ3n) is 2.83. The minimum Gasteiger partial charge on any atom is -0.480 e. The summed E-state index contributed by atoms with van der Waals surface area (Å²) >= 11 is 1.58. The van der Waals surface area contributed by atoms with E-state index in [1.54, 1.807) is 18.4 Å². The van der Waals surface area contributed by atoms with Gasteiger partial charge >= 0.3 is 5.97 Å². The van der Waals surface area contributed by atoms with Crippen LogP contribution in [0, 0.1) is 0 Å². The molecule has 0 bridgehead atoms. The maximum absolute atomic E-state index is 10.9. The zero-order valence-corrected chi connectivity index (χ0v) is 9.38. The van der Waals surface area contributed by atoms with E-state index in [0.717, 1.165) is 5.01 Å². The molecule has 0 radical (unpaired) electrons. The highest BCUT2D eigenvalue weighted by Gasteiger charge is 2.26. The third kappa shape index (κ3) is 2.03. The topological polar surface area (TPSA) is 62.2 Å². The molecule has 1 aromatic heterocycles. The number of likely N-dealkylation sites (N-methyl/N-ethyl adjacent to an activating group) is 1. The molecule has 0 spiro atoms. The number of rotatable bonds is 4. The van der Waals surface area contributed by atoms with E-state index in [1.807, 2.05) is 5.38 Å². The van der Waals surface area contributed by atoms with Crippen LogP contribution in [-0.4, -0.2) is 23.1 Å². The molecule has 4 nitrogen and oxygen atoms in total. The van der Waals surface area contributed by atoms with Gasteiger partial charge in [-0.25, -0.2) is 4.98 Å². The van der Waals surface area contributed by atoms with Crippen LogP contribution in [0.3, 0.4) is 0 Å². The Morgan fingerprint density at radius 3 is 2.93 bits per heavy atom. The zero-order chi connectivity index (χ0) is 10.8. The number of nitrogens with one attached hydrogen (secondary N) is 1. The molecule has 0 saturated heterocycles. The molecule has 0 amide bonds. The first-order chi connectivity index (χ1) is 7.22. The molecule has 1 aromatic rings. The van der Waals surface area contributed by atoms with Gasteiger partial charge in [-0.1, -0.05) is 6.42 Å². The van der Waals surface area contributed by atoms with Crippen LogP contribution >= 0.6 is 11.3 Å². The van der Waals surface area contributed by atoms with Crippen molar-refractivity contribution in [3.05, 3.63) is 16.1 Å². The van der Waals surface area contributed by atoms with E-state index in [4.69, 9.17) is 5.11 Å². The number of thiazole rings is 1. The van der Waals surface area contributed by atoms with Crippen molar-refractivity contribution in [3.63, 3.8) is 0 Å². The predicted octanol–water partition coefficient (Wildman–Crippen LogP) is 1.76. The van der Waals surface area contributed by atoms with Crippen LogP contribution in [-0.2, 0) is 4.79 Å². The lowest BCUT2D eigenvalue weighted by Gasteiger charge is -2.22. The Labute approximate surface area is 92.3 Å². The van der Waals surface area contributed by atoms with Gasteiger partial charge in [0.1, 0.15) is 6.04 Å². The Balaban J connectivity index is 2.14. The predicted molar refractivity (Wildman–Crippen MR) is 58.1 cm³/mol. The van der Waals surface area contributed by atoms with Crippen LogP contribution in [0.1, 0.15) is 41.9 Å². The van der Waals surface area contributed by atoms with Gasteiger partial charge in [0.15, 0.2) is 0 Å². The summed E-state index contributed by atoms with van der Waals surface area (Å²) in [5, 5.41) is 14.6. The normalized spacial score (nSPS) is 18.5. The summed E-state index contributed by atoms with van der Waals surface area (Å²) in [6.07, 6.45) is 3.67. The van der Waals surface area contributed by atoms with Gasteiger partial charge in [-0.15, -0.1) is 11.3 Å². The Hall–Kier alpha value is -0.940. The average molecular weight is 226 g/mol. The zero-order valence-electron chi connectivity index (χ0n) is 8.56. The number of carboxylic acids is 1. The molecule has 2 rings (SSSR count). The minimum atomic E-state index is -0.872. The SMILES string of the molecule is CNC(C(=O)O)c1csc(C2CCC2)n1. The van der Waals surface area contributed by atoms with Crippen LogP contribution in [0.15, 0.2) is 5.38 Å². The van der Waals surface area contributed by atoms with Gasteiger partial charge < -0.3 is 10.4 Å². The van der Waals surface area contributed by atoms with Crippen molar-refractivity contribution in [2.24, 2.45) is 0 Å². The van der Waals surface area contributed by atoms with Crippen LogP contribution in [0.5, 0.6) is 0 Å². The molecular formula is C10H14N2O2S. The lowest BCUT2D eigenvalue weighted by Crippen LogP contribution is -2.25. The van der Waals surface area contributed by atoms with Gasteiger partial charge in [0.2, 0.25) is 0 Å². The first-order valence-electron chi connectivity index (χ1n) is 5.07. The number of nitrogens with zero attached hydrogens (tertiary/aromatic N) is 1. The van der Waals surface area contributed by atoms with Crippen molar-refractivity contribution in [3.8, 4) is 0 Å². The molecule has 1 aliphatic rings. The van der Waals surface area contributed by atoms with Crippen LogP contribution in [0.2, 0.25) is 0 Å². The number of hydrogen-bond acceptors (Lipinski definition) is 4. The fourth-order valence-electron chi connectivity index (χ4n) is 1.67. The summed E-state index contributed by atoms with van der Waals surface area (Å²) < 4.78 is 0. The molecule has 1 aliphatic carbocycles. The molecule has 1 fully saturated rings. The summed E-state index contributed by atoms with van der Waals surface area (Å²) in [4.78, 5) is 15.3. The van der Waals surface area contributed by atoms with Gasteiger partial charge in [-0.2, -0.15) is 0 Å². The molecule has 1 unspecified atom stereocenters. The Bertz CT molecular complexity index is 360. The molecule has 15 heavy (non-hydrogen) atoms. The van der Waals surface area contributed by atoms with Crippen molar-refractivity contribution in [1.82, 2.24) is 10.3 Å². The maximum Gasteiger partial charge on any atom is 0.327 e. The molecule has 0 aliphatic heterocycles. The second-order valence-corrected chi connectivity index (χ2v) is 4.69. The van der Waals surface area contributed by atoms with E-state index in [1.165, 1.54) is 19.3 Å². The number of aromatic nitrogens is 1. The van der Waals surface area contributed by atoms with E-state index in [-0.39, 0.29) is 0 Å². The Morgan fingerprint density at radius 2 is 2.47 bits per heavy atom. The van der Waals surface area contributed by atoms with E-state index < -0.39 is 12.0 Å². The molecule has 1 heterocycles. The molecule has 82 valence electrons. The largest absolute Gasteiger partial charge is 0.480 e. The van der Waals surface area contributed by atoms with Crippen molar-refractivity contribution >= 4 is 17.3 Å². The van der Waals surface area contributed by atoms with Crippen molar-refractivity contribution in [2.75, 3.05) is 7.05 Å². The monoisotopic (exact) mass is 226 g/mol. The molecule has 0 aromatic carbocycles. The van der Waals surface area contributed by atoms with E-state index in [2.05, 4.69) is 10.3 Å². The highest BCUT2D eigenvalue weighted by molar-refractivity contribution is 7.09. The smallest absolute Gasteiger partial charge is 0.327 e. The Morgan fingerprint density at radius 1 is 1.73 bits per heavy atom. The average Bonchev–Trinajstić information content (AvgIpc) is 2.51. The standard InChI is InChI=1S/C10H14N2O2S/c1-11-8(10(13)14)7-5-15-9(12-7)6-3-2-4-6/h5-6,8,11H,2-4H2,1H3,(H,13,14). The van der Waals surface area contributed by atoms with Crippen LogP contribution < -0.4 is 5.32 Å². The summed E-state index contributed by atoms with van der Waals surface area (Å²) in [5.74, 6) is -0.294. The molecule has 1 atom stereocenters. The van der Waals surface area contributed by atoms with E-state index in [9.17, 15) is 4.79 Å². The molecule has 1 saturated carbocycles. The lowest BCUT2D eigenvalue weighted by molar-refractivity contribution is -0.139. The van der Waals surface area contributed by atoms with Gasteiger partial charge in [0, 0.05) is 11.3 Å². The summed E-state index contributed by atoms with van der Waals surface area (Å²) in [6.45, 7) is 0. The number of hydrogen-bond donors (Lipinski definition) is 2. The lowest BCUT2D eigenvalue weighted by atomic mass is 9.86. The fraction of sp³-hybridized carbons (Fsp3) is 0.600. The summed E-state index contributed by atoms with van der Waals surface area (Å²) in [5.41, 5.74) is 0.636. The quantitative estimate of drug-likeness (QED) is 0.821. The number of carboxylic acid groups (broad SMARTS) is 1. The molecule has 5 heteroatoms. The van der Waals surface area contributed by atoms with E-state index >= 15 is 0 Å². The minimum absolute atomic E-state index is 0.579. The first kappa shape index (κ1) is 10.6. The van der Waals surface area contributed by atoms with Crippen molar-refractivity contribution in [2.45, 2.75) is 31.2 Å². The molecular weight excluding hydrogens is 212 g/mol. The molecule has 2 N–H and O–H groups in total. The van der Waals surface area contributed by atoms with Crippen molar-refractivity contribution < 1.29 is 9.90 Å². The summed E-state index contributed by atoms with van der Waals surface area (Å²) in [7, 11) is 1.64. The van der Waals surface area contributed by atoms with Gasteiger partial charge in [-0.3, -0.25) is 4.79 Å². The third-order valence-corrected chi connectivity index (χ3v) is 3.85. The maximum atomic E-state index is 10.9. The van der Waals surface area contributed by atoms with Gasteiger partial charge in [0.05, 0.1) is 10.7 Å². The number of aliphatic carboxylic acids is 1. The van der Waals surface area contributed by atoms with Gasteiger partial charge in [0.25, 0.3) is 0 Å². The fourth-order valence-corrected chi connectivity index (χ4v) is 2.69. The first-order valence-corrected chi connectivity index (χ1v) is 5.95. The second-order valence-electron chi connectivity index (χ2n) is 3.80. The number of carbonyl (C=O) groups is 1. The summed E-state index contributed by atoms with van der Waals surface area (Å²) in [6, 6.07) is -0.671.